The van der Waals surface area contributed by atoms with Gasteiger partial charge in [-0.1, -0.05) is 41.6 Å². The van der Waals surface area contributed by atoms with E-state index >= 15 is 0 Å². The second-order valence-electron chi connectivity index (χ2n) is 6.49. The highest BCUT2D eigenvalue weighted by molar-refractivity contribution is 6.01. The van der Waals surface area contributed by atoms with Gasteiger partial charge in [0, 0.05) is 11.8 Å². The highest BCUT2D eigenvalue weighted by Crippen LogP contribution is 2.24. The van der Waals surface area contributed by atoms with Crippen LogP contribution in [0.4, 0.5) is 5.69 Å². The third kappa shape index (κ3) is 3.88. The molecule has 0 saturated heterocycles. The van der Waals surface area contributed by atoms with Crippen LogP contribution in [0.15, 0.2) is 60.8 Å². The smallest absolute Gasteiger partial charge is 0.248 e. The van der Waals surface area contributed by atoms with Crippen LogP contribution in [0.5, 0.6) is 0 Å². The van der Waals surface area contributed by atoms with E-state index in [2.05, 4.69) is 27.8 Å². The average molecular weight is 344 g/mol. The molecule has 0 radical (unpaired) electrons. The summed E-state index contributed by atoms with van der Waals surface area (Å²) in [5.74, 6) is -0.166. The number of aryl methyl sites for hydroxylation is 2. The third-order valence-corrected chi connectivity index (χ3v) is 4.52. The monoisotopic (exact) mass is 344 g/mol. The number of aromatic nitrogens is 3. The van der Waals surface area contributed by atoms with Gasteiger partial charge in [0.2, 0.25) is 5.91 Å². The Labute approximate surface area is 152 Å². The number of hydrogen-bond acceptors (Lipinski definition) is 3. The van der Waals surface area contributed by atoms with E-state index in [0.717, 1.165) is 24.1 Å². The maximum atomic E-state index is 12.1. The molecule has 5 nitrogen and oxygen atoms in total. The lowest BCUT2D eigenvalue weighted by molar-refractivity contribution is -0.111. The van der Waals surface area contributed by atoms with Crippen molar-refractivity contribution < 1.29 is 4.79 Å². The molecule has 1 heterocycles. The maximum Gasteiger partial charge on any atom is 0.248 e. The predicted octanol–water partition coefficient (Wildman–Crippen LogP) is 3.47. The Kier molecular flexibility index (Phi) is 4.60. The van der Waals surface area contributed by atoms with Crippen LogP contribution in [0.1, 0.15) is 28.8 Å². The first-order valence-electron chi connectivity index (χ1n) is 8.81. The molecule has 0 aliphatic heterocycles. The molecule has 1 N–H and O–H groups in total. The Morgan fingerprint density at radius 1 is 1.12 bits per heavy atom. The summed E-state index contributed by atoms with van der Waals surface area (Å²) in [5.41, 5.74) is 5.39. The van der Waals surface area contributed by atoms with Crippen LogP contribution in [-0.4, -0.2) is 20.9 Å². The zero-order chi connectivity index (χ0) is 17.8. The molecule has 1 amide bonds. The molecule has 2 aromatic carbocycles. The van der Waals surface area contributed by atoms with Crippen LogP contribution in [0, 0.1) is 0 Å². The summed E-state index contributed by atoms with van der Waals surface area (Å²) in [4.78, 5) is 12.1. The third-order valence-electron chi connectivity index (χ3n) is 4.52. The first kappa shape index (κ1) is 16.3. The lowest BCUT2D eigenvalue weighted by atomic mass is 10.1. The number of rotatable bonds is 5. The van der Waals surface area contributed by atoms with Crippen molar-refractivity contribution in [3.63, 3.8) is 0 Å². The summed E-state index contributed by atoms with van der Waals surface area (Å²) in [6.07, 6.45) is 8.43. The first-order valence-corrected chi connectivity index (χ1v) is 8.81. The van der Waals surface area contributed by atoms with Gasteiger partial charge in [-0.15, -0.1) is 5.10 Å². The Hall–Kier alpha value is -3.21. The Balaban J connectivity index is 1.36. The molecule has 1 aliphatic rings. The van der Waals surface area contributed by atoms with Crippen LogP contribution in [0.3, 0.4) is 0 Å². The van der Waals surface area contributed by atoms with Crippen LogP contribution in [-0.2, 0) is 24.2 Å². The minimum absolute atomic E-state index is 0.166. The van der Waals surface area contributed by atoms with E-state index in [9.17, 15) is 4.79 Å². The van der Waals surface area contributed by atoms with E-state index in [1.807, 2.05) is 42.6 Å². The first-order chi connectivity index (χ1) is 12.8. The molecule has 1 aromatic heterocycles. The number of nitrogens with zero attached hydrogens (tertiary/aromatic N) is 3. The van der Waals surface area contributed by atoms with Crippen LogP contribution >= 0.6 is 0 Å². The summed E-state index contributed by atoms with van der Waals surface area (Å²) < 4.78 is 1.76. The lowest BCUT2D eigenvalue weighted by Gasteiger charge is -2.05. The van der Waals surface area contributed by atoms with Gasteiger partial charge in [0.15, 0.2) is 0 Å². The number of benzene rings is 2. The van der Waals surface area contributed by atoms with Gasteiger partial charge in [-0.05, 0) is 54.2 Å². The SMILES string of the molecule is O=C(/C=C/c1cn(Cc2ccccc2)nn1)Nc1ccc2c(c1)CCC2. The molecule has 0 spiro atoms. The van der Waals surface area contributed by atoms with Crippen molar-refractivity contribution in [1.29, 1.82) is 0 Å². The topological polar surface area (TPSA) is 59.8 Å². The normalized spacial score (nSPS) is 13.1. The minimum atomic E-state index is -0.166. The van der Waals surface area contributed by atoms with E-state index < -0.39 is 0 Å². The Morgan fingerprint density at radius 2 is 1.96 bits per heavy atom. The molecule has 1 aliphatic carbocycles. The Morgan fingerprint density at radius 3 is 2.85 bits per heavy atom. The number of amides is 1. The van der Waals surface area contributed by atoms with Gasteiger partial charge < -0.3 is 5.32 Å². The van der Waals surface area contributed by atoms with Crippen molar-refractivity contribution in [2.75, 3.05) is 5.32 Å². The van der Waals surface area contributed by atoms with Gasteiger partial charge in [-0.25, -0.2) is 4.68 Å². The lowest BCUT2D eigenvalue weighted by Crippen LogP contribution is -2.08. The van der Waals surface area contributed by atoms with Crippen LogP contribution in [0.25, 0.3) is 6.08 Å². The van der Waals surface area contributed by atoms with E-state index in [0.29, 0.717) is 12.2 Å². The number of anilines is 1. The van der Waals surface area contributed by atoms with Crippen LogP contribution < -0.4 is 5.32 Å². The summed E-state index contributed by atoms with van der Waals surface area (Å²) in [5, 5.41) is 11.1. The summed E-state index contributed by atoms with van der Waals surface area (Å²) in [6, 6.07) is 16.2. The zero-order valence-electron chi connectivity index (χ0n) is 14.4. The van der Waals surface area contributed by atoms with Crippen LogP contribution in [0.2, 0.25) is 0 Å². The second-order valence-corrected chi connectivity index (χ2v) is 6.49. The molecular formula is C21H20N4O. The summed E-state index contributed by atoms with van der Waals surface area (Å²) in [7, 11) is 0. The highest BCUT2D eigenvalue weighted by Gasteiger charge is 2.11. The van der Waals surface area contributed by atoms with Gasteiger partial charge in [-0.3, -0.25) is 4.79 Å². The minimum Gasteiger partial charge on any atom is -0.323 e. The molecule has 3 aromatic rings. The van der Waals surface area contributed by atoms with Crippen molar-refractivity contribution in [2.24, 2.45) is 0 Å². The molecule has 26 heavy (non-hydrogen) atoms. The van der Waals surface area contributed by atoms with Crippen molar-refractivity contribution in [3.05, 3.63) is 83.2 Å². The molecule has 5 heteroatoms. The molecule has 0 saturated carbocycles. The van der Waals surface area contributed by atoms with Gasteiger partial charge in [0.25, 0.3) is 0 Å². The molecule has 4 rings (SSSR count). The van der Waals surface area contributed by atoms with E-state index in [1.54, 1.807) is 10.8 Å². The number of carbonyl (C=O) groups is 1. The van der Waals surface area contributed by atoms with E-state index in [4.69, 9.17) is 0 Å². The molecule has 0 atom stereocenters. The van der Waals surface area contributed by atoms with E-state index in [-0.39, 0.29) is 5.91 Å². The maximum absolute atomic E-state index is 12.1. The number of fused-ring (bicyclic) bond motifs is 1. The molecule has 0 bridgehead atoms. The highest BCUT2D eigenvalue weighted by atomic mass is 16.1. The molecule has 0 unspecified atom stereocenters. The fourth-order valence-electron chi connectivity index (χ4n) is 3.23. The summed E-state index contributed by atoms with van der Waals surface area (Å²) in [6.45, 7) is 0.656. The predicted molar refractivity (Wildman–Crippen MR) is 102 cm³/mol. The number of hydrogen-bond donors (Lipinski definition) is 1. The largest absolute Gasteiger partial charge is 0.323 e. The fourth-order valence-corrected chi connectivity index (χ4v) is 3.23. The molecule has 130 valence electrons. The van der Waals surface area contributed by atoms with Crippen molar-refractivity contribution >= 4 is 17.7 Å². The average Bonchev–Trinajstić information content (AvgIpc) is 3.29. The van der Waals surface area contributed by atoms with Crippen molar-refractivity contribution in [2.45, 2.75) is 25.8 Å². The van der Waals surface area contributed by atoms with Gasteiger partial charge >= 0.3 is 0 Å². The fraction of sp³-hybridized carbons (Fsp3) is 0.190. The molecular weight excluding hydrogens is 324 g/mol. The van der Waals surface area contributed by atoms with Crippen molar-refractivity contribution in [1.82, 2.24) is 15.0 Å². The van der Waals surface area contributed by atoms with Crippen molar-refractivity contribution in [3.8, 4) is 0 Å². The van der Waals surface area contributed by atoms with E-state index in [1.165, 1.54) is 23.6 Å². The number of nitrogens with one attached hydrogen (secondary N) is 1. The zero-order valence-corrected chi connectivity index (χ0v) is 14.4. The standard InChI is InChI=1S/C21H20N4O/c26-21(22-19-10-9-17-7-4-8-18(17)13-19)12-11-20-15-25(24-23-20)14-16-5-2-1-3-6-16/h1-3,5-6,9-13,15H,4,7-8,14H2,(H,22,26)/b12-11+. The second kappa shape index (κ2) is 7.35. The summed E-state index contributed by atoms with van der Waals surface area (Å²) >= 11 is 0. The van der Waals surface area contributed by atoms with Gasteiger partial charge in [-0.2, -0.15) is 0 Å². The molecule has 0 fully saturated rings. The van der Waals surface area contributed by atoms with Gasteiger partial charge in [0.1, 0.15) is 5.69 Å². The number of carbonyl (C=O) groups excluding carboxylic acids is 1. The Bertz CT molecular complexity index is 944. The quantitative estimate of drug-likeness (QED) is 0.721. The van der Waals surface area contributed by atoms with Gasteiger partial charge in [0.05, 0.1) is 12.7 Å².